The molecule has 9 heteroatoms. The molecule has 4 rings (SSSR count). The molecular weight excluding hydrogens is 514 g/mol. The Hall–Kier alpha value is -3.98. The van der Waals surface area contributed by atoms with E-state index in [0.29, 0.717) is 47.1 Å². The highest BCUT2D eigenvalue weighted by molar-refractivity contribution is 6.09. The van der Waals surface area contributed by atoms with Crippen LogP contribution in [-0.4, -0.2) is 64.6 Å². The van der Waals surface area contributed by atoms with Gasteiger partial charge in [-0.1, -0.05) is 18.2 Å². The van der Waals surface area contributed by atoms with E-state index >= 15 is 0 Å². The van der Waals surface area contributed by atoms with E-state index in [2.05, 4.69) is 0 Å². The number of ketones is 1. The summed E-state index contributed by atoms with van der Waals surface area (Å²) in [5.74, 6) is -1.31. The van der Waals surface area contributed by atoms with Crippen LogP contribution >= 0.6 is 0 Å². The number of rotatable bonds is 10. The Balaban J connectivity index is 1.72. The van der Waals surface area contributed by atoms with E-state index in [9.17, 15) is 14.4 Å². The highest BCUT2D eigenvalue weighted by atomic mass is 16.6. The van der Waals surface area contributed by atoms with E-state index in [4.69, 9.17) is 28.7 Å². The molecule has 40 heavy (non-hydrogen) atoms. The Morgan fingerprint density at radius 2 is 1.62 bits per heavy atom. The maximum atomic E-state index is 13.8. The van der Waals surface area contributed by atoms with E-state index < -0.39 is 23.8 Å². The van der Waals surface area contributed by atoms with E-state index in [0.717, 1.165) is 11.1 Å². The third-order valence-electron chi connectivity index (χ3n) is 7.39. The molecule has 0 N–H and O–H groups in total. The van der Waals surface area contributed by atoms with E-state index in [1.807, 2.05) is 25.1 Å². The van der Waals surface area contributed by atoms with Crippen LogP contribution in [0.25, 0.3) is 0 Å². The number of hydrogen-bond acceptors (Lipinski definition) is 9. The molecule has 0 radical (unpaired) electrons. The fourth-order valence-electron chi connectivity index (χ4n) is 5.45. The summed E-state index contributed by atoms with van der Waals surface area (Å²) >= 11 is 0. The molecule has 0 fully saturated rings. The molecule has 0 spiro atoms. The second kappa shape index (κ2) is 12.9. The molecule has 0 aromatic heterocycles. The third-order valence-corrected chi connectivity index (χ3v) is 7.39. The van der Waals surface area contributed by atoms with Gasteiger partial charge in [-0.2, -0.15) is 0 Å². The van der Waals surface area contributed by atoms with Gasteiger partial charge in [0.05, 0.1) is 33.5 Å². The molecule has 1 aliphatic heterocycles. The minimum absolute atomic E-state index is 0.0774. The number of hydrogen-bond donors (Lipinski definition) is 0. The zero-order chi connectivity index (χ0) is 28.8. The van der Waals surface area contributed by atoms with Crippen molar-refractivity contribution >= 4 is 23.4 Å². The number of Topliss-reactive ketones (excluding diaryl/α,β-unsaturated/α-hetero) is 1. The summed E-state index contributed by atoms with van der Waals surface area (Å²) in [6.45, 7) is 4.56. The number of ether oxygens (including phenoxy) is 5. The van der Waals surface area contributed by atoms with Crippen molar-refractivity contribution in [2.45, 2.75) is 38.5 Å². The van der Waals surface area contributed by atoms with Crippen LogP contribution in [0.2, 0.25) is 0 Å². The Kier molecular flexibility index (Phi) is 9.37. The lowest BCUT2D eigenvalue weighted by Gasteiger charge is -2.36. The van der Waals surface area contributed by atoms with Crippen LogP contribution in [0, 0.1) is 5.92 Å². The normalized spacial score (nSPS) is 20.4. The van der Waals surface area contributed by atoms with Crippen molar-refractivity contribution in [1.29, 1.82) is 0 Å². The smallest absolute Gasteiger partial charge is 0.337 e. The van der Waals surface area contributed by atoms with Gasteiger partial charge in [0.1, 0.15) is 12.5 Å². The number of allylic oxidation sites excluding steroid dienone is 2. The van der Waals surface area contributed by atoms with Gasteiger partial charge in [0.15, 0.2) is 17.3 Å². The first-order chi connectivity index (χ1) is 19.3. The molecule has 3 atom stereocenters. The van der Waals surface area contributed by atoms with Crippen molar-refractivity contribution in [1.82, 2.24) is 0 Å². The topological polar surface area (TPSA) is 110 Å². The van der Waals surface area contributed by atoms with Crippen LogP contribution in [0.15, 0.2) is 58.7 Å². The second-order valence-corrected chi connectivity index (χ2v) is 9.69. The summed E-state index contributed by atoms with van der Waals surface area (Å²) in [6, 6.07) is 12.5. The van der Waals surface area contributed by atoms with Gasteiger partial charge in [0, 0.05) is 35.9 Å². The van der Waals surface area contributed by atoms with Gasteiger partial charge in [-0.25, -0.2) is 4.79 Å². The quantitative estimate of drug-likeness (QED) is 0.311. The number of esters is 2. The van der Waals surface area contributed by atoms with Crippen molar-refractivity contribution in [3.63, 3.8) is 0 Å². The van der Waals surface area contributed by atoms with Crippen molar-refractivity contribution < 1.29 is 38.1 Å². The predicted molar refractivity (Wildman–Crippen MR) is 148 cm³/mol. The molecular formula is C31H35NO8. The number of nitrogens with zero attached hydrogens (tertiary/aromatic N) is 1. The maximum absolute atomic E-state index is 13.8. The van der Waals surface area contributed by atoms with Crippen LogP contribution in [0.1, 0.15) is 60.0 Å². The molecule has 2 aromatic carbocycles. The summed E-state index contributed by atoms with van der Waals surface area (Å²) in [4.78, 5) is 44.1. The van der Waals surface area contributed by atoms with Crippen molar-refractivity contribution in [3.8, 4) is 11.5 Å². The standard InChI is InChI=1S/C31H35NO8/c1-6-39-13-14-40-31(35)27-18(2)32-23-15-22(21-11-12-25(36-3)26(17-21)37-4)16-24(33)29(23)28(27)19-7-9-20(10-8-19)30(34)38-5/h7-12,17,22,27-28H,6,13-16H2,1-5H3/t22-,27?,28-/m0/s1. The SMILES string of the molecule is CCOCCOC(=O)C1C(C)=NC2=C(C(=O)C[C@@H](c3ccc(OC)c(OC)c3)C2)[C@H]1c1ccc(C(=O)OC)cc1. The van der Waals surface area contributed by atoms with E-state index in [1.54, 1.807) is 45.4 Å². The van der Waals surface area contributed by atoms with Crippen LogP contribution in [0.5, 0.6) is 11.5 Å². The molecule has 9 nitrogen and oxygen atoms in total. The summed E-state index contributed by atoms with van der Waals surface area (Å²) in [5.41, 5.74) is 3.79. The Labute approximate surface area is 234 Å². The Morgan fingerprint density at radius 3 is 2.27 bits per heavy atom. The molecule has 0 saturated carbocycles. The lowest BCUT2D eigenvalue weighted by Crippen LogP contribution is -2.38. The summed E-state index contributed by atoms with van der Waals surface area (Å²) < 4.78 is 26.5. The second-order valence-electron chi connectivity index (χ2n) is 9.69. The molecule has 1 unspecified atom stereocenters. The average molecular weight is 550 g/mol. The van der Waals surface area contributed by atoms with Crippen LogP contribution in [-0.2, 0) is 23.8 Å². The summed E-state index contributed by atoms with van der Waals surface area (Å²) in [6.07, 6.45) is 0.780. The van der Waals surface area contributed by atoms with Gasteiger partial charge in [-0.05, 0) is 61.6 Å². The van der Waals surface area contributed by atoms with Gasteiger partial charge < -0.3 is 23.7 Å². The number of carbonyl (C=O) groups excluding carboxylic acids is 3. The third kappa shape index (κ3) is 5.94. The van der Waals surface area contributed by atoms with Crippen molar-refractivity contribution in [2.24, 2.45) is 10.9 Å². The molecule has 0 amide bonds. The van der Waals surface area contributed by atoms with Crippen LogP contribution < -0.4 is 9.47 Å². The monoisotopic (exact) mass is 549 g/mol. The number of carbonyl (C=O) groups is 3. The van der Waals surface area contributed by atoms with Gasteiger partial charge in [0.2, 0.25) is 0 Å². The van der Waals surface area contributed by atoms with Gasteiger partial charge in [-0.3, -0.25) is 14.6 Å². The van der Waals surface area contributed by atoms with Gasteiger partial charge in [0.25, 0.3) is 0 Å². The van der Waals surface area contributed by atoms with Gasteiger partial charge >= 0.3 is 11.9 Å². The molecule has 1 heterocycles. The highest BCUT2D eigenvalue weighted by Gasteiger charge is 2.45. The number of benzene rings is 2. The average Bonchev–Trinajstić information content (AvgIpc) is 2.97. The first-order valence-electron chi connectivity index (χ1n) is 13.3. The minimum Gasteiger partial charge on any atom is -0.493 e. The molecule has 0 saturated heterocycles. The van der Waals surface area contributed by atoms with Crippen LogP contribution in [0.3, 0.4) is 0 Å². The van der Waals surface area contributed by atoms with E-state index in [1.165, 1.54) is 7.11 Å². The van der Waals surface area contributed by atoms with Crippen molar-refractivity contribution in [2.75, 3.05) is 41.2 Å². The highest BCUT2D eigenvalue weighted by Crippen LogP contribution is 2.47. The first kappa shape index (κ1) is 29.0. The van der Waals surface area contributed by atoms with E-state index in [-0.39, 0.29) is 31.3 Å². The largest absolute Gasteiger partial charge is 0.493 e. The molecule has 2 aromatic rings. The molecule has 212 valence electrons. The molecule has 0 bridgehead atoms. The fraction of sp³-hybridized carbons (Fsp3) is 0.419. The van der Waals surface area contributed by atoms with Crippen LogP contribution in [0.4, 0.5) is 0 Å². The lowest BCUT2D eigenvalue weighted by molar-refractivity contribution is -0.148. The van der Waals surface area contributed by atoms with Gasteiger partial charge in [-0.15, -0.1) is 0 Å². The van der Waals surface area contributed by atoms with Crippen molar-refractivity contribution in [3.05, 3.63) is 70.4 Å². The number of methoxy groups -OCH3 is 3. The predicted octanol–water partition coefficient (Wildman–Crippen LogP) is 4.65. The zero-order valence-corrected chi connectivity index (χ0v) is 23.5. The zero-order valence-electron chi connectivity index (χ0n) is 23.5. The lowest BCUT2D eigenvalue weighted by atomic mass is 9.69. The molecule has 2 aliphatic rings. The fourth-order valence-corrected chi connectivity index (χ4v) is 5.45. The first-order valence-corrected chi connectivity index (χ1v) is 13.3. The summed E-state index contributed by atoms with van der Waals surface area (Å²) in [7, 11) is 4.47. The number of aliphatic imine (C=N–C) groups is 1. The maximum Gasteiger partial charge on any atom is 0.337 e. The Bertz CT molecular complexity index is 1330. The Morgan fingerprint density at radius 1 is 0.925 bits per heavy atom. The summed E-state index contributed by atoms with van der Waals surface area (Å²) in [5, 5.41) is 0. The molecule has 1 aliphatic carbocycles. The minimum atomic E-state index is -0.786.